The van der Waals surface area contributed by atoms with Gasteiger partial charge in [-0.3, -0.25) is 4.79 Å². The highest BCUT2D eigenvalue weighted by Crippen LogP contribution is 2.26. The van der Waals surface area contributed by atoms with Gasteiger partial charge in [0.15, 0.2) is 11.0 Å². The van der Waals surface area contributed by atoms with E-state index in [1.165, 1.54) is 12.3 Å². The largest absolute Gasteiger partial charge is 0.462 e. The van der Waals surface area contributed by atoms with E-state index in [0.29, 0.717) is 21.0 Å². The average Bonchev–Trinajstić information content (AvgIpc) is 2.12. The SMILES string of the molecule is O=c1ccoc2c(Cl)ccc(Cl)c12. The molecule has 2 nitrogen and oxygen atoms in total. The van der Waals surface area contributed by atoms with E-state index < -0.39 is 0 Å². The van der Waals surface area contributed by atoms with Gasteiger partial charge in [-0.1, -0.05) is 23.2 Å². The van der Waals surface area contributed by atoms with Crippen molar-refractivity contribution in [1.29, 1.82) is 0 Å². The summed E-state index contributed by atoms with van der Waals surface area (Å²) in [5.74, 6) is 0. The molecule has 1 heterocycles. The first-order chi connectivity index (χ1) is 6.20. The predicted molar refractivity (Wildman–Crippen MR) is 52.5 cm³/mol. The second-order valence-corrected chi connectivity index (χ2v) is 3.33. The van der Waals surface area contributed by atoms with Crippen LogP contribution in [0.15, 0.2) is 33.7 Å². The molecule has 0 saturated heterocycles. The molecular weight excluding hydrogens is 211 g/mol. The van der Waals surface area contributed by atoms with E-state index in [-0.39, 0.29) is 5.43 Å². The Bertz CT molecular complexity index is 516. The second kappa shape index (κ2) is 3.05. The van der Waals surface area contributed by atoms with Crippen LogP contribution in [0.4, 0.5) is 0 Å². The third-order valence-corrected chi connectivity index (χ3v) is 2.32. The minimum Gasteiger partial charge on any atom is -0.462 e. The van der Waals surface area contributed by atoms with Crippen molar-refractivity contribution in [3.8, 4) is 0 Å². The van der Waals surface area contributed by atoms with E-state index in [1.54, 1.807) is 12.1 Å². The van der Waals surface area contributed by atoms with Crippen molar-refractivity contribution in [2.45, 2.75) is 0 Å². The van der Waals surface area contributed by atoms with Gasteiger partial charge in [-0.05, 0) is 12.1 Å². The van der Waals surface area contributed by atoms with Gasteiger partial charge in [0, 0.05) is 6.07 Å². The summed E-state index contributed by atoms with van der Waals surface area (Å²) in [5, 5.41) is 1.07. The highest BCUT2D eigenvalue weighted by atomic mass is 35.5. The van der Waals surface area contributed by atoms with Crippen LogP contribution < -0.4 is 5.43 Å². The van der Waals surface area contributed by atoms with Crippen molar-refractivity contribution >= 4 is 34.2 Å². The Kier molecular flexibility index (Phi) is 2.02. The van der Waals surface area contributed by atoms with Gasteiger partial charge >= 0.3 is 0 Å². The minimum atomic E-state index is -0.186. The van der Waals surface area contributed by atoms with Crippen LogP contribution >= 0.6 is 23.2 Å². The van der Waals surface area contributed by atoms with Gasteiger partial charge in [-0.25, -0.2) is 0 Å². The molecule has 0 bridgehead atoms. The van der Waals surface area contributed by atoms with Gasteiger partial charge in [-0.15, -0.1) is 0 Å². The van der Waals surface area contributed by atoms with E-state index in [0.717, 1.165) is 0 Å². The van der Waals surface area contributed by atoms with Gasteiger partial charge < -0.3 is 4.42 Å². The molecule has 0 aliphatic heterocycles. The third-order valence-electron chi connectivity index (χ3n) is 1.71. The molecule has 1 aromatic carbocycles. The summed E-state index contributed by atoms with van der Waals surface area (Å²) >= 11 is 11.6. The zero-order chi connectivity index (χ0) is 9.42. The van der Waals surface area contributed by atoms with Crippen LogP contribution in [0, 0.1) is 0 Å². The first-order valence-electron chi connectivity index (χ1n) is 3.55. The molecule has 0 amide bonds. The topological polar surface area (TPSA) is 30.2 Å². The van der Waals surface area contributed by atoms with Crippen molar-refractivity contribution in [2.75, 3.05) is 0 Å². The quantitative estimate of drug-likeness (QED) is 0.675. The molecule has 0 saturated carbocycles. The molecular formula is C9H4Cl2O2. The smallest absolute Gasteiger partial charge is 0.194 e. The van der Waals surface area contributed by atoms with Gasteiger partial charge in [0.2, 0.25) is 0 Å². The van der Waals surface area contributed by atoms with E-state index in [9.17, 15) is 4.79 Å². The van der Waals surface area contributed by atoms with Gasteiger partial charge in [0.1, 0.15) is 0 Å². The van der Waals surface area contributed by atoms with Crippen molar-refractivity contribution in [1.82, 2.24) is 0 Å². The highest BCUT2D eigenvalue weighted by molar-refractivity contribution is 6.39. The summed E-state index contributed by atoms with van der Waals surface area (Å²) in [5.41, 5.74) is 0.149. The number of halogens is 2. The van der Waals surface area contributed by atoms with Crippen molar-refractivity contribution in [2.24, 2.45) is 0 Å². The fourth-order valence-corrected chi connectivity index (χ4v) is 1.57. The summed E-state index contributed by atoms with van der Waals surface area (Å²) in [4.78, 5) is 11.3. The van der Waals surface area contributed by atoms with E-state index in [2.05, 4.69) is 0 Å². The van der Waals surface area contributed by atoms with Crippen LogP contribution in [0.3, 0.4) is 0 Å². The Labute approximate surface area is 83.7 Å². The van der Waals surface area contributed by atoms with Crippen molar-refractivity contribution in [3.63, 3.8) is 0 Å². The molecule has 0 radical (unpaired) electrons. The monoisotopic (exact) mass is 214 g/mol. The van der Waals surface area contributed by atoms with Crippen LogP contribution in [-0.4, -0.2) is 0 Å². The Morgan fingerprint density at radius 2 is 1.77 bits per heavy atom. The van der Waals surface area contributed by atoms with Crippen molar-refractivity contribution in [3.05, 3.63) is 44.7 Å². The lowest BCUT2D eigenvalue weighted by molar-refractivity contribution is 0.603. The molecule has 0 unspecified atom stereocenters. The maximum Gasteiger partial charge on any atom is 0.194 e. The summed E-state index contributed by atoms with van der Waals surface area (Å²) < 4.78 is 5.09. The molecule has 1 aromatic heterocycles. The van der Waals surface area contributed by atoms with Crippen LogP contribution in [0.5, 0.6) is 0 Å². The molecule has 0 fully saturated rings. The zero-order valence-corrected chi connectivity index (χ0v) is 7.89. The van der Waals surface area contributed by atoms with Crippen molar-refractivity contribution < 1.29 is 4.42 Å². The molecule has 13 heavy (non-hydrogen) atoms. The Morgan fingerprint density at radius 1 is 1.08 bits per heavy atom. The first-order valence-corrected chi connectivity index (χ1v) is 4.31. The lowest BCUT2D eigenvalue weighted by Crippen LogP contribution is -1.98. The Morgan fingerprint density at radius 3 is 2.46 bits per heavy atom. The molecule has 4 heteroatoms. The van der Waals surface area contributed by atoms with Crippen LogP contribution in [0.1, 0.15) is 0 Å². The molecule has 0 aliphatic rings. The summed E-state index contributed by atoms with van der Waals surface area (Å²) in [7, 11) is 0. The molecule has 0 N–H and O–H groups in total. The Balaban J connectivity index is 3.09. The molecule has 2 aromatic rings. The fourth-order valence-electron chi connectivity index (χ4n) is 1.13. The van der Waals surface area contributed by atoms with Gasteiger partial charge in [0.05, 0.1) is 21.7 Å². The first kappa shape index (κ1) is 8.60. The highest BCUT2D eigenvalue weighted by Gasteiger charge is 2.07. The number of hydrogen-bond acceptors (Lipinski definition) is 2. The van der Waals surface area contributed by atoms with E-state index >= 15 is 0 Å². The normalized spacial score (nSPS) is 10.6. The zero-order valence-electron chi connectivity index (χ0n) is 6.38. The minimum absolute atomic E-state index is 0.186. The number of rotatable bonds is 0. The second-order valence-electron chi connectivity index (χ2n) is 2.52. The average molecular weight is 215 g/mol. The predicted octanol–water partition coefficient (Wildman–Crippen LogP) is 3.10. The van der Waals surface area contributed by atoms with Gasteiger partial charge in [0.25, 0.3) is 0 Å². The maximum atomic E-state index is 11.3. The third kappa shape index (κ3) is 1.32. The maximum absolute atomic E-state index is 11.3. The lowest BCUT2D eigenvalue weighted by atomic mass is 10.2. The Hall–Kier alpha value is -0.990. The lowest BCUT2D eigenvalue weighted by Gasteiger charge is -1.99. The van der Waals surface area contributed by atoms with Crippen LogP contribution in [0.2, 0.25) is 10.0 Å². The summed E-state index contributed by atoms with van der Waals surface area (Å²) in [6.45, 7) is 0. The number of hydrogen-bond donors (Lipinski definition) is 0. The van der Waals surface area contributed by atoms with Gasteiger partial charge in [-0.2, -0.15) is 0 Å². The number of fused-ring (bicyclic) bond motifs is 1. The fraction of sp³-hybridized carbons (Fsp3) is 0. The standard InChI is InChI=1S/C9H4Cl2O2/c10-5-1-2-6(11)9-8(5)7(12)3-4-13-9/h1-4H. The molecule has 2 rings (SSSR count). The number of benzene rings is 1. The summed E-state index contributed by atoms with van der Waals surface area (Å²) in [6.07, 6.45) is 1.30. The van der Waals surface area contributed by atoms with E-state index in [4.69, 9.17) is 27.6 Å². The van der Waals surface area contributed by atoms with Crippen LogP contribution in [-0.2, 0) is 0 Å². The molecule has 0 atom stereocenters. The molecule has 66 valence electrons. The molecule has 0 aliphatic carbocycles. The summed E-state index contributed by atoms with van der Waals surface area (Å²) in [6, 6.07) is 4.48. The van der Waals surface area contributed by atoms with Crippen LogP contribution in [0.25, 0.3) is 11.0 Å². The van der Waals surface area contributed by atoms with E-state index in [1.807, 2.05) is 0 Å². The molecule has 0 spiro atoms.